The lowest BCUT2D eigenvalue weighted by molar-refractivity contribution is -0.127. The van der Waals surface area contributed by atoms with Gasteiger partial charge in [0.2, 0.25) is 5.91 Å². The molecule has 27 heavy (non-hydrogen) atoms. The molecular weight excluding hydrogens is 336 g/mol. The normalized spacial score (nSPS) is 18.6. The van der Waals surface area contributed by atoms with Crippen LogP contribution in [0, 0.1) is 0 Å². The monoisotopic (exact) mass is 364 g/mol. The molecule has 142 valence electrons. The molecule has 1 amide bonds. The highest BCUT2D eigenvalue weighted by atomic mass is 16.3. The van der Waals surface area contributed by atoms with Gasteiger partial charge in [-0.1, -0.05) is 48.5 Å². The molecule has 0 aromatic heterocycles. The molecule has 3 rings (SSSR count). The number of hydrogen-bond donors (Lipinski definition) is 1. The largest absolute Gasteiger partial charge is 0.392 e. The van der Waals surface area contributed by atoms with Crippen LogP contribution in [-0.2, 0) is 17.9 Å². The van der Waals surface area contributed by atoms with Gasteiger partial charge in [0.1, 0.15) is 0 Å². The van der Waals surface area contributed by atoms with Crippen LogP contribution in [0.25, 0.3) is 6.08 Å². The van der Waals surface area contributed by atoms with Gasteiger partial charge in [-0.25, -0.2) is 0 Å². The third-order valence-electron chi connectivity index (χ3n) is 5.01. The molecule has 0 spiro atoms. The Balaban J connectivity index is 1.61. The summed E-state index contributed by atoms with van der Waals surface area (Å²) in [5, 5.41) is 9.24. The molecule has 4 heteroatoms. The number of carbonyl (C=O) groups excluding carboxylic acids is 1. The summed E-state index contributed by atoms with van der Waals surface area (Å²) in [4.78, 5) is 17.1. The van der Waals surface area contributed by atoms with Crippen molar-refractivity contribution < 1.29 is 9.90 Å². The van der Waals surface area contributed by atoms with Crippen molar-refractivity contribution in [1.82, 2.24) is 9.80 Å². The van der Waals surface area contributed by atoms with Gasteiger partial charge in [0.25, 0.3) is 0 Å². The highest BCUT2D eigenvalue weighted by Crippen LogP contribution is 2.15. The third kappa shape index (κ3) is 5.52. The van der Waals surface area contributed by atoms with Gasteiger partial charge in [0, 0.05) is 38.3 Å². The first-order valence-corrected chi connectivity index (χ1v) is 9.60. The Labute approximate surface area is 161 Å². The average Bonchev–Trinajstić information content (AvgIpc) is 2.88. The maximum Gasteiger partial charge on any atom is 0.246 e. The van der Waals surface area contributed by atoms with Crippen LogP contribution >= 0.6 is 0 Å². The van der Waals surface area contributed by atoms with Gasteiger partial charge in [-0.05, 0) is 42.2 Å². The van der Waals surface area contributed by atoms with Crippen molar-refractivity contribution in [2.24, 2.45) is 0 Å². The van der Waals surface area contributed by atoms with Gasteiger partial charge in [-0.15, -0.1) is 0 Å². The standard InChI is InChI=1S/C23H28N2O2/c1-19-16-24(17-21-7-3-2-4-8-21)13-6-14-25(19)23(27)12-11-20-9-5-10-22(15-20)18-26/h2-5,7-12,15,19,26H,6,13-14,16-18H2,1H3. The highest BCUT2D eigenvalue weighted by Gasteiger charge is 2.24. The van der Waals surface area contributed by atoms with Crippen molar-refractivity contribution in [2.75, 3.05) is 19.6 Å². The number of nitrogens with zero attached hydrogens (tertiary/aromatic N) is 2. The van der Waals surface area contributed by atoms with E-state index in [1.54, 1.807) is 6.08 Å². The van der Waals surface area contributed by atoms with Crippen LogP contribution in [0.15, 0.2) is 60.7 Å². The number of benzene rings is 2. The summed E-state index contributed by atoms with van der Waals surface area (Å²) in [5.74, 6) is 0.0541. The van der Waals surface area contributed by atoms with Gasteiger partial charge in [0.15, 0.2) is 0 Å². The summed E-state index contributed by atoms with van der Waals surface area (Å²) in [6, 6.07) is 18.3. The summed E-state index contributed by atoms with van der Waals surface area (Å²) in [6.07, 6.45) is 4.47. The molecule has 1 aliphatic rings. The molecule has 1 aliphatic heterocycles. The molecule has 2 aromatic rings. The molecule has 1 heterocycles. The molecule has 2 aromatic carbocycles. The van der Waals surface area contributed by atoms with Crippen LogP contribution in [0.4, 0.5) is 0 Å². The van der Waals surface area contributed by atoms with E-state index in [0.29, 0.717) is 0 Å². The molecule has 1 fully saturated rings. The Morgan fingerprint density at radius 3 is 2.67 bits per heavy atom. The van der Waals surface area contributed by atoms with Crippen molar-refractivity contribution >= 4 is 12.0 Å². The predicted octanol–water partition coefficient (Wildman–Crippen LogP) is 3.32. The highest BCUT2D eigenvalue weighted by molar-refractivity contribution is 5.92. The number of hydrogen-bond acceptors (Lipinski definition) is 3. The Morgan fingerprint density at radius 1 is 1.11 bits per heavy atom. The van der Waals surface area contributed by atoms with Crippen LogP contribution in [0.1, 0.15) is 30.0 Å². The molecule has 0 saturated carbocycles. The molecule has 0 bridgehead atoms. The van der Waals surface area contributed by atoms with Crippen molar-refractivity contribution in [3.8, 4) is 0 Å². The van der Waals surface area contributed by atoms with E-state index in [2.05, 4.69) is 36.1 Å². The second-order valence-corrected chi connectivity index (χ2v) is 7.19. The maximum atomic E-state index is 12.7. The minimum absolute atomic E-state index is 0.00995. The first-order valence-electron chi connectivity index (χ1n) is 9.60. The predicted molar refractivity (Wildman–Crippen MR) is 109 cm³/mol. The third-order valence-corrected chi connectivity index (χ3v) is 5.01. The van der Waals surface area contributed by atoms with Gasteiger partial charge >= 0.3 is 0 Å². The van der Waals surface area contributed by atoms with Gasteiger partial charge < -0.3 is 10.0 Å². The van der Waals surface area contributed by atoms with E-state index in [9.17, 15) is 9.90 Å². The van der Waals surface area contributed by atoms with Crippen LogP contribution in [0.5, 0.6) is 0 Å². The fraction of sp³-hybridized carbons (Fsp3) is 0.348. The van der Waals surface area contributed by atoms with Crippen molar-refractivity contribution in [1.29, 1.82) is 0 Å². The second-order valence-electron chi connectivity index (χ2n) is 7.19. The minimum atomic E-state index is 0.00995. The zero-order chi connectivity index (χ0) is 19.1. The summed E-state index contributed by atoms with van der Waals surface area (Å²) in [5.41, 5.74) is 3.10. The molecule has 0 aliphatic carbocycles. The first-order chi connectivity index (χ1) is 13.2. The number of aliphatic hydroxyl groups is 1. The average molecular weight is 364 g/mol. The fourth-order valence-corrected chi connectivity index (χ4v) is 3.62. The topological polar surface area (TPSA) is 43.8 Å². The maximum absolute atomic E-state index is 12.7. The fourth-order valence-electron chi connectivity index (χ4n) is 3.62. The van der Waals surface area contributed by atoms with Gasteiger partial charge in [-0.3, -0.25) is 9.69 Å². The molecule has 1 saturated heterocycles. The molecule has 1 unspecified atom stereocenters. The molecule has 1 atom stereocenters. The van der Waals surface area contributed by atoms with E-state index in [4.69, 9.17) is 0 Å². The minimum Gasteiger partial charge on any atom is -0.392 e. The van der Waals surface area contributed by atoms with Crippen molar-refractivity contribution in [3.05, 3.63) is 77.4 Å². The summed E-state index contributed by atoms with van der Waals surface area (Å²) in [6.45, 7) is 5.74. The summed E-state index contributed by atoms with van der Waals surface area (Å²) in [7, 11) is 0. The van der Waals surface area contributed by atoms with Gasteiger partial charge in [-0.2, -0.15) is 0 Å². The van der Waals surface area contributed by atoms with Crippen molar-refractivity contribution in [3.63, 3.8) is 0 Å². The molecular formula is C23H28N2O2. The molecule has 4 nitrogen and oxygen atoms in total. The number of rotatable bonds is 5. The van der Waals surface area contributed by atoms with Crippen LogP contribution in [0.2, 0.25) is 0 Å². The Kier molecular flexibility index (Phi) is 6.80. The second kappa shape index (κ2) is 9.49. The SMILES string of the molecule is CC1CN(Cc2ccccc2)CCCN1C(=O)C=Cc1cccc(CO)c1. The number of aliphatic hydroxyl groups excluding tert-OH is 1. The summed E-state index contributed by atoms with van der Waals surface area (Å²) >= 11 is 0. The van der Waals surface area contributed by atoms with Crippen LogP contribution in [0.3, 0.4) is 0 Å². The molecule has 0 radical (unpaired) electrons. The van der Waals surface area contributed by atoms with Crippen LogP contribution < -0.4 is 0 Å². The lowest BCUT2D eigenvalue weighted by atomic mass is 10.1. The van der Waals surface area contributed by atoms with E-state index in [1.807, 2.05) is 41.3 Å². The number of carbonyl (C=O) groups is 1. The smallest absolute Gasteiger partial charge is 0.246 e. The van der Waals surface area contributed by atoms with Gasteiger partial charge in [0.05, 0.1) is 6.61 Å². The van der Waals surface area contributed by atoms with E-state index < -0.39 is 0 Å². The van der Waals surface area contributed by atoms with Crippen LogP contribution in [-0.4, -0.2) is 46.5 Å². The zero-order valence-electron chi connectivity index (χ0n) is 15.9. The van der Waals surface area contributed by atoms with E-state index in [0.717, 1.165) is 43.7 Å². The quantitative estimate of drug-likeness (QED) is 0.828. The number of amides is 1. The Hall–Kier alpha value is -2.43. The Morgan fingerprint density at radius 2 is 1.89 bits per heavy atom. The Bertz CT molecular complexity index is 773. The first kappa shape index (κ1) is 19.3. The van der Waals surface area contributed by atoms with E-state index in [-0.39, 0.29) is 18.6 Å². The van der Waals surface area contributed by atoms with E-state index >= 15 is 0 Å². The zero-order valence-corrected chi connectivity index (χ0v) is 15.9. The molecule has 1 N–H and O–H groups in total. The summed E-state index contributed by atoms with van der Waals surface area (Å²) < 4.78 is 0. The lowest BCUT2D eigenvalue weighted by Gasteiger charge is -2.28. The lowest BCUT2D eigenvalue weighted by Crippen LogP contribution is -2.41. The van der Waals surface area contributed by atoms with E-state index in [1.165, 1.54) is 5.56 Å². The van der Waals surface area contributed by atoms with Crippen molar-refractivity contribution in [2.45, 2.75) is 32.5 Å².